The largest absolute Gasteiger partial charge is 0.376 e. The van der Waals surface area contributed by atoms with E-state index in [0.717, 1.165) is 25.9 Å². The first kappa shape index (κ1) is 24.2. The number of sulfonamides is 1. The maximum atomic E-state index is 13.3. The van der Waals surface area contributed by atoms with E-state index in [1.807, 2.05) is 4.90 Å². The lowest BCUT2D eigenvalue weighted by Crippen LogP contribution is -2.60. The number of rotatable bonds is 6. The molecule has 4 rings (SSSR count). The molecule has 1 amide bonds. The van der Waals surface area contributed by atoms with Crippen LogP contribution in [0.5, 0.6) is 0 Å². The number of halogens is 2. The summed E-state index contributed by atoms with van der Waals surface area (Å²) >= 11 is 12.3. The van der Waals surface area contributed by atoms with Crippen molar-refractivity contribution in [3.05, 3.63) is 28.2 Å². The third kappa shape index (κ3) is 4.55. The van der Waals surface area contributed by atoms with Crippen LogP contribution in [0.4, 0.5) is 0 Å². The molecule has 0 aromatic heterocycles. The molecule has 1 spiro atoms. The average Bonchev–Trinajstić information content (AvgIpc) is 3.33. The van der Waals surface area contributed by atoms with E-state index in [1.54, 1.807) is 12.1 Å². The molecule has 0 saturated carbocycles. The Morgan fingerprint density at radius 1 is 1.25 bits per heavy atom. The molecular weight excluding hydrogens is 473 g/mol. The number of piperidine rings is 1. The standard InChI is InChI=1S/C22H31Cl2N3O4S/c1-15(2)13-18-21(28)27(14-16-5-4-12-31-16)22(25-18)8-10-26(11-9-22)32(29,30)19-7-3-6-17(23)20(19)24/h3,6-7,15-16,18,25H,4-5,8-14H2,1-2H3/t16-,18-/m1/s1. The van der Waals surface area contributed by atoms with Crippen LogP contribution in [0.3, 0.4) is 0 Å². The van der Waals surface area contributed by atoms with Gasteiger partial charge in [-0.25, -0.2) is 8.42 Å². The van der Waals surface area contributed by atoms with E-state index in [1.165, 1.54) is 10.4 Å². The molecule has 1 aromatic rings. The van der Waals surface area contributed by atoms with Crippen molar-refractivity contribution in [3.63, 3.8) is 0 Å². The summed E-state index contributed by atoms with van der Waals surface area (Å²) < 4.78 is 33.8. The fraction of sp³-hybridized carbons (Fsp3) is 0.682. The second-order valence-corrected chi connectivity index (χ2v) is 12.1. The second-order valence-electron chi connectivity index (χ2n) is 9.40. The number of nitrogens with zero attached hydrogens (tertiary/aromatic N) is 2. The van der Waals surface area contributed by atoms with Crippen LogP contribution in [0.15, 0.2) is 23.1 Å². The smallest absolute Gasteiger partial charge is 0.244 e. The zero-order chi connectivity index (χ0) is 23.1. The van der Waals surface area contributed by atoms with Gasteiger partial charge in [0.2, 0.25) is 15.9 Å². The van der Waals surface area contributed by atoms with Crippen molar-refractivity contribution >= 4 is 39.1 Å². The van der Waals surface area contributed by atoms with Crippen LogP contribution >= 0.6 is 23.2 Å². The van der Waals surface area contributed by atoms with Crippen LogP contribution in [0, 0.1) is 5.92 Å². The Morgan fingerprint density at radius 2 is 1.97 bits per heavy atom. The van der Waals surface area contributed by atoms with Crippen LogP contribution in [0.25, 0.3) is 0 Å². The minimum atomic E-state index is -3.79. The molecule has 178 valence electrons. The summed E-state index contributed by atoms with van der Waals surface area (Å²) in [4.78, 5) is 15.3. The van der Waals surface area contributed by atoms with Crippen LogP contribution in [0.1, 0.15) is 46.0 Å². The predicted molar refractivity (Wildman–Crippen MR) is 124 cm³/mol. The summed E-state index contributed by atoms with van der Waals surface area (Å²) in [6.07, 6.45) is 3.78. The minimum Gasteiger partial charge on any atom is -0.376 e. The summed E-state index contributed by atoms with van der Waals surface area (Å²) in [6.45, 7) is 6.08. The summed E-state index contributed by atoms with van der Waals surface area (Å²) in [5, 5.41) is 3.85. The van der Waals surface area contributed by atoms with Gasteiger partial charge in [0.1, 0.15) is 4.90 Å². The highest BCUT2D eigenvalue weighted by Gasteiger charge is 2.53. The third-order valence-corrected chi connectivity index (χ3v) is 9.60. The van der Waals surface area contributed by atoms with E-state index < -0.39 is 15.7 Å². The van der Waals surface area contributed by atoms with Gasteiger partial charge in [0, 0.05) is 26.2 Å². The van der Waals surface area contributed by atoms with E-state index in [-0.39, 0.29) is 33.0 Å². The number of carbonyl (C=O) groups excluding carboxylic acids is 1. The number of hydrogen-bond donors (Lipinski definition) is 1. The molecule has 0 radical (unpaired) electrons. The normalized spacial score (nSPS) is 26.5. The van der Waals surface area contributed by atoms with E-state index in [0.29, 0.717) is 38.4 Å². The average molecular weight is 504 g/mol. The molecule has 7 nitrogen and oxygen atoms in total. The SMILES string of the molecule is CC(C)C[C@H]1NC2(CCN(S(=O)(=O)c3cccc(Cl)c3Cl)CC2)N(C[C@H]2CCCO2)C1=O. The van der Waals surface area contributed by atoms with Gasteiger partial charge < -0.3 is 9.64 Å². The summed E-state index contributed by atoms with van der Waals surface area (Å²) in [7, 11) is -3.79. The first-order valence-electron chi connectivity index (χ1n) is 11.3. The summed E-state index contributed by atoms with van der Waals surface area (Å²) in [5.74, 6) is 0.477. The van der Waals surface area contributed by atoms with E-state index >= 15 is 0 Å². The highest BCUT2D eigenvalue weighted by atomic mass is 35.5. The lowest BCUT2D eigenvalue weighted by molar-refractivity contribution is -0.135. The molecule has 3 saturated heterocycles. The highest BCUT2D eigenvalue weighted by Crippen LogP contribution is 2.38. The Hall–Kier alpha value is -0.900. The van der Waals surface area contributed by atoms with Crippen LogP contribution in [-0.2, 0) is 19.6 Å². The zero-order valence-electron chi connectivity index (χ0n) is 18.5. The van der Waals surface area contributed by atoms with E-state index in [4.69, 9.17) is 27.9 Å². The molecule has 1 N–H and O–H groups in total. The molecule has 2 atom stereocenters. The maximum absolute atomic E-state index is 13.3. The molecule has 32 heavy (non-hydrogen) atoms. The Kier molecular flexibility index (Phi) is 7.11. The van der Waals surface area contributed by atoms with Crippen LogP contribution in [0.2, 0.25) is 10.0 Å². The molecule has 1 aromatic carbocycles. The molecule has 3 aliphatic rings. The number of carbonyl (C=O) groups is 1. The van der Waals surface area contributed by atoms with Crippen molar-refractivity contribution in [1.29, 1.82) is 0 Å². The zero-order valence-corrected chi connectivity index (χ0v) is 20.8. The number of benzene rings is 1. The molecule has 0 unspecified atom stereocenters. The van der Waals surface area contributed by atoms with Crippen LogP contribution < -0.4 is 5.32 Å². The maximum Gasteiger partial charge on any atom is 0.244 e. The fourth-order valence-corrected chi connectivity index (χ4v) is 7.26. The lowest BCUT2D eigenvalue weighted by atomic mass is 9.96. The lowest BCUT2D eigenvalue weighted by Gasteiger charge is -2.44. The van der Waals surface area contributed by atoms with Crippen molar-refractivity contribution < 1.29 is 17.9 Å². The first-order valence-corrected chi connectivity index (χ1v) is 13.5. The Balaban J connectivity index is 1.54. The minimum absolute atomic E-state index is 0.0203. The molecule has 0 aliphatic carbocycles. The number of amides is 1. The first-order chi connectivity index (χ1) is 15.1. The third-order valence-electron chi connectivity index (χ3n) is 6.72. The molecule has 3 heterocycles. The van der Waals surface area contributed by atoms with Gasteiger partial charge in [-0.1, -0.05) is 43.1 Å². The molecule has 10 heteroatoms. The fourth-order valence-electron chi connectivity index (χ4n) is 5.08. The van der Waals surface area contributed by atoms with E-state index in [9.17, 15) is 13.2 Å². The van der Waals surface area contributed by atoms with Crippen molar-refractivity contribution in [2.45, 2.75) is 68.7 Å². The van der Waals surface area contributed by atoms with Crippen molar-refractivity contribution in [2.24, 2.45) is 5.92 Å². The number of nitrogens with one attached hydrogen (secondary N) is 1. The number of ether oxygens (including phenoxy) is 1. The van der Waals surface area contributed by atoms with Gasteiger partial charge in [0.15, 0.2) is 0 Å². The van der Waals surface area contributed by atoms with Gasteiger partial charge in [-0.15, -0.1) is 0 Å². The van der Waals surface area contributed by atoms with Gasteiger partial charge in [-0.2, -0.15) is 4.31 Å². The monoisotopic (exact) mass is 503 g/mol. The van der Waals surface area contributed by atoms with E-state index in [2.05, 4.69) is 19.2 Å². The predicted octanol–water partition coefficient (Wildman–Crippen LogP) is 3.50. The quantitative estimate of drug-likeness (QED) is 0.642. The van der Waals surface area contributed by atoms with Gasteiger partial charge in [-0.3, -0.25) is 10.1 Å². The van der Waals surface area contributed by atoms with Crippen molar-refractivity contribution in [1.82, 2.24) is 14.5 Å². The molecule has 3 aliphatic heterocycles. The summed E-state index contributed by atoms with van der Waals surface area (Å²) in [5.41, 5.74) is -0.549. The molecular formula is C22H31Cl2N3O4S. The van der Waals surface area contributed by atoms with Gasteiger partial charge >= 0.3 is 0 Å². The molecule has 3 fully saturated rings. The summed E-state index contributed by atoms with van der Waals surface area (Å²) in [6, 6.07) is 4.39. The Labute approximate surface area is 200 Å². The van der Waals surface area contributed by atoms with Gasteiger partial charge in [0.25, 0.3) is 0 Å². The van der Waals surface area contributed by atoms with Crippen molar-refractivity contribution in [3.8, 4) is 0 Å². The van der Waals surface area contributed by atoms with Crippen molar-refractivity contribution in [2.75, 3.05) is 26.2 Å². The second kappa shape index (κ2) is 9.39. The Bertz CT molecular complexity index is 958. The number of hydrogen-bond acceptors (Lipinski definition) is 5. The van der Waals surface area contributed by atoms with Gasteiger partial charge in [-0.05, 0) is 50.2 Å². The Morgan fingerprint density at radius 3 is 2.59 bits per heavy atom. The topological polar surface area (TPSA) is 79.0 Å². The molecule has 0 bridgehead atoms. The van der Waals surface area contributed by atoms with Crippen LogP contribution in [-0.4, -0.2) is 67.6 Å². The van der Waals surface area contributed by atoms with Gasteiger partial charge in [0.05, 0.1) is 27.9 Å². The highest BCUT2D eigenvalue weighted by molar-refractivity contribution is 7.89.